The quantitative estimate of drug-likeness (QED) is 0.649. The van der Waals surface area contributed by atoms with Crippen molar-refractivity contribution in [3.05, 3.63) is 23.8 Å². The van der Waals surface area contributed by atoms with Gasteiger partial charge in [-0.05, 0) is 49.8 Å². The second kappa shape index (κ2) is 7.35. The van der Waals surface area contributed by atoms with Crippen molar-refractivity contribution < 1.29 is 9.47 Å². The molecule has 3 atom stereocenters. The van der Waals surface area contributed by atoms with E-state index in [1.165, 1.54) is 24.8 Å². The number of benzene rings is 1. The normalized spacial score (nSPS) is 23.6. The predicted molar refractivity (Wildman–Crippen MR) is 87.0 cm³/mol. The Morgan fingerprint density at radius 1 is 1.15 bits per heavy atom. The van der Waals surface area contributed by atoms with Gasteiger partial charge in [-0.2, -0.15) is 0 Å². The molecule has 20 heavy (non-hydrogen) atoms. The van der Waals surface area contributed by atoms with Crippen LogP contribution in [-0.4, -0.2) is 13.2 Å². The predicted octanol–water partition coefficient (Wildman–Crippen LogP) is 5.36. The zero-order valence-corrected chi connectivity index (χ0v) is 14.3. The highest BCUT2D eigenvalue weighted by atomic mass is 79.9. The molecule has 1 saturated carbocycles. The van der Waals surface area contributed by atoms with Gasteiger partial charge in [-0.15, -0.1) is 0 Å². The molecule has 3 heteroatoms. The summed E-state index contributed by atoms with van der Waals surface area (Å²) in [6.45, 7) is 7.70. The summed E-state index contributed by atoms with van der Waals surface area (Å²) in [6.07, 6.45) is 4.01. The van der Waals surface area contributed by atoms with Crippen LogP contribution < -0.4 is 9.47 Å². The number of hydrogen-bond acceptors (Lipinski definition) is 2. The molecule has 0 bridgehead atoms. The summed E-state index contributed by atoms with van der Waals surface area (Å²) in [5.41, 5.74) is 1.30. The zero-order valence-electron chi connectivity index (χ0n) is 12.7. The lowest BCUT2D eigenvalue weighted by Gasteiger charge is -2.23. The van der Waals surface area contributed by atoms with Gasteiger partial charge in [0.25, 0.3) is 0 Å². The van der Waals surface area contributed by atoms with Crippen LogP contribution in [0.25, 0.3) is 0 Å². The van der Waals surface area contributed by atoms with E-state index >= 15 is 0 Å². The summed E-state index contributed by atoms with van der Waals surface area (Å²) in [7, 11) is 0. The maximum absolute atomic E-state index is 5.72. The molecule has 0 radical (unpaired) electrons. The van der Waals surface area contributed by atoms with Gasteiger partial charge in [0.2, 0.25) is 0 Å². The Kier molecular flexibility index (Phi) is 5.76. The van der Waals surface area contributed by atoms with E-state index in [1.54, 1.807) is 0 Å². The first kappa shape index (κ1) is 15.7. The van der Waals surface area contributed by atoms with Gasteiger partial charge in [-0.25, -0.2) is 0 Å². The van der Waals surface area contributed by atoms with Crippen LogP contribution in [0.15, 0.2) is 18.2 Å². The first-order valence-electron chi connectivity index (χ1n) is 7.71. The number of alkyl halides is 1. The van der Waals surface area contributed by atoms with E-state index in [2.05, 4.69) is 35.0 Å². The molecule has 0 N–H and O–H groups in total. The van der Waals surface area contributed by atoms with Crippen molar-refractivity contribution >= 4 is 15.9 Å². The summed E-state index contributed by atoms with van der Waals surface area (Å²) >= 11 is 3.91. The van der Waals surface area contributed by atoms with Crippen molar-refractivity contribution in [1.82, 2.24) is 0 Å². The fraction of sp³-hybridized carbons (Fsp3) is 0.647. The summed E-state index contributed by atoms with van der Waals surface area (Å²) in [4.78, 5) is 0.412. The third-order valence-corrected chi connectivity index (χ3v) is 5.40. The largest absolute Gasteiger partial charge is 0.490 e. The van der Waals surface area contributed by atoms with Crippen molar-refractivity contribution in [2.45, 2.75) is 44.9 Å². The molecule has 0 amide bonds. The molecule has 1 aromatic carbocycles. The molecule has 3 unspecified atom stereocenters. The number of rotatable bonds is 6. The molecular formula is C17H25BrO2. The minimum atomic E-state index is 0.412. The third-order valence-electron chi connectivity index (χ3n) is 4.19. The van der Waals surface area contributed by atoms with Crippen LogP contribution in [0.5, 0.6) is 11.5 Å². The van der Waals surface area contributed by atoms with Crippen LogP contribution in [0.2, 0.25) is 0 Å². The summed E-state index contributed by atoms with van der Waals surface area (Å²) in [6, 6.07) is 6.34. The Morgan fingerprint density at radius 3 is 2.45 bits per heavy atom. The van der Waals surface area contributed by atoms with Crippen molar-refractivity contribution in [1.29, 1.82) is 0 Å². The van der Waals surface area contributed by atoms with Gasteiger partial charge >= 0.3 is 0 Å². The minimum absolute atomic E-state index is 0.412. The highest BCUT2D eigenvalue weighted by molar-refractivity contribution is 9.09. The maximum Gasteiger partial charge on any atom is 0.161 e. The van der Waals surface area contributed by atoms with Crippen molar-refractivity contribution in [3.8, 4) is 11.5 Å². The Balaban J connectivity index is 2.20. The van der Waals surface area contributed by atoms with Crippen molar-refractivity contribution in [2.75, 3.05) is 13.2 Å². The first-order chi connectivity index (χ1) is 9.67. The molecule has 2 rings (SSSR count). The highest BCUT2D eigenvalue weighted by Crippen LogP contribution is 2.46. The van der Waals surface area contributed by atoms with E-state index in [0.29, 0.717) is 18.0 Å². The number of halogens is 1. The van der Waals surface area contributed by atoms with Crippen LogP contribution in [0.3, 0.4) is 0 Å². The summed E-state index contributed by atoms with van der Waals surface area (Å²) < 4.78 is 11.4. The monoisotopic (exact) mass is 340 g/mol. The average molecular weight is 341 g/mol. The van der Waals surface area contributed by atoms with Gasteiger partial charge in [-0.1, -0.05) is 41.8 Å². The second-order valence-electron chi connectivity index (χ2n) is 5.55. The molecule has 1 fully saturated rings. The van der Waals surface area contributed by atoms with Gasteiger partial charge in [-0.3, -0.25) is 0 Å². The second-order valence-corrected chi connectivity index (χ2v) is 6.53. The summed E-state index contributed by atoms with van der Waals surface area (Å²) in [5, 5.41) is 0. The number of hydrogen-bond donors (Lipinski definition) is 0. The molecule has 2 nitrogen and oxygen atoms in total. The molecule has 1 aromatic rings. The summed E-state index contributed by atoms with van der Waals surface area (Å²) in [5.74, 6) is 3.23. The number of ether oxygens (including phenoxy) is 2. The Hall–Kier alpha value is -0.700. The van der Waals surface area contributed by atoms with Crippen LogP contribution in [-0.2, 0) is 0 Å². The van der Waals surface area contributed by atoms with E-state index in [0.717, 1.165) is 23.3 Å². The maximum atomic E-state index is 5.72. The average Bonchev–Trinajstić information content (AvgIpc) is 2.86. The molecule has 1 aliphatic rings. The van der Waals surface area contributed by atoms with E-state index in [-0.39, 0.29) is 0 Å². The molecule has 0 spiro atoms. The topological polar surface area (TPSA) is 18.5 Å². The standard InChI is InChI=1S/C17H25BrO2/c1-4-19-15-10-9-13(11-16(15)20-5-2)17(18)14-8-6-7-12(14)3/h9-12,14,17H,4-8H2,1-3H3. The van der Waals surface area contributed by atoms with Crippen molar-refractivity contribution in [3.63, 3.8) is 0 Å². The lowest BCUT2D eigenvalue weighted by Crippen LogP contribution is -2.11. The van der Waals surface area contributed by atoms with Gasteiger partial charge in [0.05, 0.1) is 13.2 Å². The lowest BCUT2D eigenvalue weighted by molar-refractivity contribution is 0.287. The smallest absolute Gasteiger partial charge is 0.161 e. The van der Waals surface area contributed by atoms with E-state index < -0.39 is 0 Å². The molecule has 0 heterocycles. The van der Waals surface area contributed by atoms with Crippen LogP contribution in [0.4, 0.5) is 0 Å². The minimum Gasteiger partial charge on any atom is -0.490 e. The fourth-order valence-electron chi connectivity index (χ4n) is 3.10. The first-order valence-corrected chi connectivity index (χ1v) is 8.62. The van der Waals surface area contributed by atoms with Crippen LogP contribution in [0, 0.1) is 11.8 Å². The molecule has 112 valence electrons. The molecule has 0 aromatic heterocycles. The molecule has 0 saturated heterocycles. The van der Waals surface area contributed by atoms with Crippen molar-refractivity contribution in [2.24, 2.45) is 11.8 Å². The highest BCUT2D eigenvalue weighted by Gasteiger charge is 2.30. The van der Waals surface area contributed by atoms with E-state index in [1.807, 2.05) is 19.9 Å². The van der Waals surface area contributed by atoms with Crippen LogP contribution >= 0.6 is 15.9 Å². The Labute approximate surface area is 131 Å². The molecule has 0 aliphatic heterocycles. The van der Waals surface area contributed by atoms with E-state index in [9.17, 15) is 0 Å². The fourth-order valence-corrected chi connectivity index (χ4v) is 4.17. The van der Waals surface area contributed by atoms with E-state index in [4.69, 9.17) is 9.47 Å². The molecular weight excluding hydrogens is 316 g/mol. The Bertz CT molecular complexity index is 433. The van der Waals surface area contributed by atoms with Gasteiger partial charge in [0.1, 0.15) is 0 Å². The molecule has 1 aliphatic carbocycles. The zero-order chi connectivity index (χ0) is 14.5. The Morgan fingerprint density at radius 2 is 1.85 bits per heavy atom. The van der Waals surface area contributed by atoms with Gasteiger partial charge < -0.3 is 9.47 Å². The van der Waals surface area contributed by atoms with Gasteiger partial charge in [0.15, 0.2) is 11.5 Å². The van der Waals surface area contributed by atoms with Gasteiger partial charge in [0, 0.05) is 4.83 Å². The van der Waals surface area contributed by atoms with Crippen LogP contribution in [0.1, 0.15) is 50.4 Å². The lowest BCUT2D eigenvalue weighted by atomic mass is 9.91. The third kappa shape index (κ3) is 3.49. The SMILES string of the molecule is CCOc1ccc(C(Br)C2CCCC2C)cc1OCC.